The Morgan fingerprint density at radius 2 is 2.20 bits per heavy atom. The van der Waals surface area contributed by atoms with Crippen LogP contribution in [0.3, 0.4) is 0 Å². The van der Waals surface area contributed by atoms with Crippen LogP contribution in [-0.2, 0) is 0 Å². The predicted molar refractivity (Wildman–Crippen MR) is 80.9 cm³/mol. The molecule has 0 saturated carbocycles. The van der Waals surface area contributed by atoms with E-state index in [9.17, 15) is 5.11 Å². The van der Waals surface area contributed by atoms with E-state index in [1.165, 1.54) is 38.0 Å². The zero-order valence-corrected chi connectivity index (χ0v) is 12.3. The topological polar surface area (TPSA) is 39.6 Å². The van der Waals surface area contributed by atoms with Crippen LogP contribution >= 0.6 is 0 Å². The van der Waals surface area contributed by atoms with E-state index in [0.29, 0.717) is 6.42 Å². The van der Waals surface area contributed by atoms with E-state index in [1.54, 1.807) is 0 Å². The van der Waals surface area contributed by atoms with E-state index in [2.05, 4.69) is 20.9 Å². The van der Waals surface area contributed by atoms with Gasteiger partial charge in [0.2, 0.25) is 0 Å². The van der Waals surface area contributed by atoms with Gasteiger partial charge in [0.25, 0.3) is 0 Å². The fraction of sp³-hybridized carbons (Fsp3) is 0.688. The molecule has 3 heterocycles. The first kappa shape index (κ1) is 13.8. The highest BCUT2D eigenvalue weighted by molar-refractivity contribution is 5.45. The molecule has 0 bridgehead atoms. The molecule has 4 nitrogen and oxygen atoms in total. The first-order valence-electron chi connectivity index (χ1n) is 7.91. The molecular formula is C16H25N3O. The van der Waals surface area contributed by atoms with Crippen molar-refractivity contribution in [1.29, 1.82) is 0 Å². The lowest BCUT2D eigenvalue weighted by Crippen LogP contribution is -2.54. The maximum atomic E-state index is 9.80. The molecule has 2 saturated heterocycles. The lowest BCUT2D eigenvalue weighted by atomic mass is 9.99. The number of aromatic nitrogens is 1. The average molecular weight is 275 g/mol. The lowest BCUT2D eigenvalue weighted by Gasteiger charge is -2.44. The van der Waals surface area contributed by atoms with Crippen LogP contribution in [0.2, 0.25) is 0 Å². The number of aliphatic hydroxyl groups excluding tert-OH is 1. The van der Waals surface area contributed by atoms with Gasteiger partial charge in [-0.25, -0.2) is 0 Å². The molecule has 0 aromatic carbocycles. The van der Waals surface area contributed by atoms with Crippen LogP contribution in [0, 0.1) is 0 Å². The molecule has 2 aliphatic heterocycles. The van der Waals surface area contributed by atoms with Crippen molar-refractivity contribution in [2.45, 2.75) is 44.8 Å². The van der Waals surface area contributed by atoms with Crippen molar-refractivity contribution in [3.05, 3.63) is 24.0 Å². The summed E-state index contributed by atoms with van der Waals surface area (Å²) in [7, 11) is 0. The van der Waals surface area contributed by atoms with Crippen LogP contribution in [0.25, 0.3) is 0 Å². The standard InChI is InChI=1S/C16H25N3O/c1-2-16(20)15-7-6-13(11-17-15)19-10-9-18-8-4-3-5-14(18)12-19/h6-7,11,14,16,20H,2-5,8-10,12H2,1H3/t14?,16-/m0/s1. The van der Waals surface area contributed by atoms with Gasteiger partial charge in [-0.3, -0.25) is 9.88 Å². The van der Waals surface area contributed by atoms with Crippen LogP contribution < -0.4 is 4.90 Å². The predicted octanol–water partition coefficient (Wildman–Crippen LogP) is 2.20. The second-order valence-corrected chi connectivity index (χ2v) is 6.00. The highest BCUT2D eigenvalue weighted by Gasteiger charge is 2.28. The van der Waals surface area contributed by atoms with Gasteiger partial charge in [0.1, 0.15) is 0 Å². The molecule has 1 unspecified atom stereocenters. The van der Waals surface area contributed by atoms with Crippen molar-refractivity contribution in [2.75, 3.05) is 31.1 Å². The van der Waals surface area contributed by atoms with Crippen LogP contribution in [0.5, 0.6) is 0 Å². The third-order valence-electron chi connectivity index (χ3n) is 4.70. The Morgan fingerprint density at radius 1 is 1.30 bits per heavy atom. The summed E-state index contributed by atoms with van der Waals surface area (Å²) in [6.07, 6.45) is 6.27. The summed E-state index contributed by atoms with van der Waals surface area (Å²) in [4.78, 5) is 9.51. The Kier molecular flexibility index (Phi) is 4.22. The van der Waals surface area contributed by atoms with Gasteiger partial charge in [0, 0.05) is 25.7 Å². The van der Waals surface area contributed by atoms with Crippen molar-refractivity contribution >= 4 is 5.69 Å². The largest absolute Gasteiger partial charge is 0.387 e. The second-order valence-electron chi connectivity index (χ2n) is 6.00. The van der Waals surface area contributed by atoms with Crippen LogP contribution in [-0.4, -0.2) is 47.2 Å². The van der Waals surface area contributed by atoms with Gasteiger partial charge < -0.3 is 10.0 Å². The molecule has 20 heavy (non-hydrogen) atoms. The van der Waals surface area contributed by atoms with Gasteiger partial charge in [-0.1, -0.05) is 13.3 Å². The van der Waals surface area contributed by atoms with E-state index in [0.717, 1.165) is 24.8 Å². The van der Waals surface area contributed by atoms with Crippen molar-refractivity contribution < 1.29 is 5.11 Å². The Labute approximate surface area is 121 Å². The fourth-order valence-corrected chi connectivity index (χ4v) is 3.38. The molecule has 3 rings (SSSR count). The minimum Gasteiger partial charge on any atom is -0.387 e. The molecule has 0 amide bonds. The molecule has 2 atom stereocenters. The van der Waals surface area contributed by atoms with Crippen LogP contribution in [0.15, 0.2) is 18.3 Å². The number of fused-ring (bicyclic) bond motifs is 1. The van der Waals surface area contributed by atoms with Crippen LogP contribution in [0.1, 0.15) is 44.4 Å². The van der Waals surface area contributed by atoms with Crippen molar-refractivity contribution in [1.82, 2.24) is 9.88 Å². The number of nitrogens with zero attached hydrogens (tertiary/aromatic N) is 3. The van der Waals surface area contributed by atoms with Crippen molar-refractivity contribution in [3.8, 4) is 0 Å². The Hall–Kier alpha value is -1.13. The number of piperidine rings is 1. The Balaban J connectivity index is 1.67. The van der Waals surface area contributed by atoms with Crippen molar-refractivity contribution in [2.24, 2.45) is 0 Å². The molecule has 1 aromatic heterocycles. The fourth-order valence-electron chi connectivity index (χ4n) is 3.38. The average Bonchev–Trinajstić information content (AvgIpc) is 2.54. The summed E-state index contributed by atoms with van der Waals surface area (Å²) >= 11 is 0. The van der Waals surface area contributed by atoms with Gasteiger partial charge in [-0.2, -0.15) is 0 Å². The molecule has 2 fully saturated rings. The summed E-state index contributed by atoms with van der Waals surface area (Å²) in [5.74, 6) is 0. The van der Waals surface area contributed by atoms with Gasteiger partial charge >= 0.3 is 0 Å². The summed E-state index contributed by atoms with van der Waals surface area (Å²) in [6.45, 7) is 6.64. The molecule has 0 spiro atoms. The lowest BCUT2D eigenvalue weighted by molar-refractivity contribution is 0.133. The molecular weight excluding hydrogens is 250 g/mol. The van der Waals surface area contributed by atoms with E-state index >= 15 is 0 Å². The molecule has 110 valence electrons. The first-order valence-corrected chi connectivity index (χ1v) is 7.91. The molecule has 0 aliphatic carbocycles. The van der Waals surface area contributed by atoms with Gasteiger partial charge in [0.15, 0.2) is 0 Å². The number of rotatable bonds is 3. The minimum absolute atomic E-state index is 0.431. The SMILES string of the molecule is CC[C@H](O)c1ccc(N2CCN3CCCCC3C2)cn1. The molecule has 1 aromatic rings. The summed E-state index contributed by atoms with van der Waals surface area (Å²) in [5, 5.41) is 9.80. The normalized spacial score (nSPS) is 25.3. The molecule has 4 heteroatoms. The van der Waals surface area contributed by atoms with Crippen molar-refractivity contribution in [3.63, 3.8) is 0 Å². The summed E-state index contributed by atoms with van der Waals surface area (Å²) in [6, 6.07) is 4.80. The first-order chi connectivity index (χ1) is 9.78. The quantitative estimate of drug-likeness (QED) is 0.918. The summed E-state index contributed by atoms with van der Waals surface area (Å²) < 4.78 is 0. The number of hydrogen-bond acceptors (Lipinski definition) is 4. The highest BCUT2D eigenvalue weighted by Crippen LogP contribution is 2.25. The number of aliphatic hydroxyl groups is 1. The maximum absolute atomic E-state index is 9.80. The van der Waals surface area contributed by atoms with Crippen LogP contribution in [0.4, 0.5) is 5.69 Å². The minimum atomic E-state index is -0.431. The van der Waals surface area contributed by atoms with E-state index in [1.807, 2.05) is 19.2 Å². The second kappa shape index (κ2) is 6.10. The van der Waals surface area contributed by atoms with Gasteiger partial charge in [-0.05, 0) is 37.9 Å². The van der Waals surface area contributed by atoms with E-state index < -0.39 is 6.10 Å². The third kappa shape index (κ3) is 2.81. The zero-order valence-electron chi connectivity index (χ0n) is 12.3. The number of piperazine rings is 1. The monoisotopic (exact) mass is 275 g/mol. The highest BCUT2D eigenvalue weighted by atomic mass is 16.3. The number of hydrogen-bond donors (Lipinski definition) is 1. The maximum Gasteiger partial charge on any atom is 0.0957 e. The Morgan fingerprint density at radius 3 is 2.95 bits per heavy atom. The summed E-state index contributed by atoms with van der Waals surface area (Å²) in [5.41, 5.74) is 1.98. The smallest absolute Gasteiger partial charge is 0.0957 e. The molecule has 0 radical (unpaired) electrons. The number of anilines is 1. The zero-order chi connectivity index (χ0) is 13.9. The molecule has 2 aliphatic rings. The van der Waals surface area contributed by atoms with E-state index in [4.69, 9.17) is 0 Å². The van der Waals surface area contributed by atoms with Gasteiger partial charge in [0.05, 0.1) is 23.7 Å². The van der Waals surface area contributed by atoms with E-state index in [-0.39, 0.29) is 0 Å². The molecule has 1 N–H and O–H groups in total. The Bertz CT molecular complexity index is 434. The third-order valence-corrected chi connectivity index (χ3v) is 4.70. The number of pyridine rings is 1. The van der Waals surface area contributed by atoms with Gasteiger partial charge in [-0.15, -0.1) is 0 Å².